The van der Waals surface area contributed by atoms with Crippen molar-refractivity contribution in [1.82, 2.24) is 0 Å². The number of aliphatic hydroxyl groups is 2. The summed E-state index contributed by atoms with van der Waals surface area (Å²) in [7, 11) is 0. The van der Waals surface area contributed by atoms with Gasteiger partial charge < -0.3 is 10.2 Å². The van der Waals surface area contributed by atoms with E-state index < -0.39 is 17.8 Å². The Labute approximate surface area is 108 Å². The van der Waals surface area contributed by atoms with Crippen molar-refractivity contribution in [3.8, 4) is 0 Å². The number of hydrogen-bond donors (Lipinski definition) is 2. The van der Waals surface area contributed by atoms with E-state index in [1.54, 1.807) is 0 Å². The molecule has 1 saturated heterocycles. The van der Waals surface area contributed by atoms with Gasteiger partial charge in [0.25, 0.3) is 0 Å². The van der Waals surface area contributed by atoms with Crippen LogP contribution in [0.4, 0.5) is 0 Å². The molecule has 5 unspecified atom stereocenters. The number of aliphatic hydroxyl groups excluding tert-OH is 2. The zero-order chi connectivity index (χ0) is 13.2. The second-order valence-corrected chi connectivity index (χ2v) is 7.16. The first-order valence-corrected chi connectivity index (χ1v) is 7.03. The third-order valence-corrected chi connectivity index (χ3v) is 6.11. The van der Waals surface area contributed by atoms with Gasteiger partial charge in [-0.25, -0.2) is 9.78 Å². The van der Waals surface area contributed by atoms with Gasteiger partial charge in [-0.3, -0.25) is 0 Å². The Morgan fingerprint density at radius 3 is 2.50 bits per heavy atom. The fourth-order valence-corrected chi connectivity index (χ4v) is 4.63. The molecule has 3 fully saturated rings. The first-order valence-electron chi connectivity index (χ1n) is 7.03. The van der Waals surface area contributed by atoms with Crippen LogP contribution in [0.1, 0.15) is 52.9 Å². The van der Waals surface area contributed by atoms with E-state index in [1.807, 2.05) is 6.92 Å². The molecule has 2 N–H and O–H groups in total. The summed E-state index contributed by atoms with van der Waals surface area (Å²) >= 11 is 0. The molecule has 4 heteroatoms. The fraction of sp³-hybridized carbons (Fsp3) is 1.00. The Morgan fingerprint density at radius 1 is 1.06 bits per heavy atom. The molecule has 1 aliphatic heterocycles. The SMILES string of the molecule is CC1(C)CCC(O)C2(C)OOC3CC12CCC3O. The maximum absolute atomic E-state index is 10.4. The van der Waals surface area contributed by atoms with Crippen LogP contribution in [0, 0.1) is 10.8 Å². The minimum atomic E-state index is -0.647. The van der Waals surface area contributed by atoms with Crippen molar-refractivity contribution in [3.05, 3.63) is 0 Å². The highest BCUT2D eigenvalue weighted by atomic mass is 17.2. The lowest BCUT2D eigenvalue weighted by Gasteiger charge is -2.66. The van der Waals surface area contributed by atoms with Gasteiger partial charge in [0.2, 0.25) is 0 Å². The molecule has 3 aliphatic rings. The highest BCUT2D eigenvalue weighted by molar-refractivity contribution is 5.15. The molecule has 18 heavy (non-hydrogen) atoms. The third-order valence-electron chi connectivity index (χ3n) is 6.11. The summed E-state index contributed by atoms with van der Waals surface area (Å²) in [6, 6.07) is 0. The summed E-state index contributed by atoms with van der Waals surface area (Å²) in [5, 5.41) is 20.4. The Morgan fingerprint density at radius 2 is 1.78 bits per heavy atom. The number of rotatable bonds is 0. The average Bonchev–Trinajstić information content (AvgIpc) is 2.33. The highest BCUT2D eigenvalue weighted by Crippen LogP contribution is 2.65. The van der Waals surface area contributed by atoms with Gasteiger partial charge in [-0.15, -0.1) is 0 Å². The van der Waals surface area contributed by atoms with Crippen LogP contribution in [0.2, 0.25) is 0 Å². The van der Waals surface area contributed by atoms with Gasteiger partial charge in [-0.1, -0.05) is 13.8 Å². The Bertz CT molecular complexity index is 356. The normalized spacial score (nSPS) is 54.8. The second-order valence-electron chi connectivity index (χ2n) is 7.16. The summed E-state index contributed by atoms with van der Waals surface area (Å²) < 4.78 is 0. The van der Waals surface area contributed by atoms with E-state index in [9.17, 15) is 10.2 Å². The monoisotopic (exact) mass is 256 g/mol. The molecule has 0 radical (unpaired) electrons. The van der Waals surface area contributed by atoms with Gasteiger partial charge in [0.1, 0.15) is 11.7 Å². The summed E-state index contributed by atoms with van der Waals surface area (Å²) in [5.74, 6) is 0. The zero-order valence-corrected chi connectivity index (χ0v) is 11.5. The Balaban J connectivity index is 2.06. The largest absolute Gasteiger partial charge is 0.390 e. The van der Waals surface area contributed by atoms with Crippen LogP contribution in [0.3, 0.4) is 0 Å². The molecule has 0 aromatic heterocycles. The van der Waals surface area contributed by atoms with Crippen LogP contribution in [-0.4, -0.2) is 34.1 Å². The smallest absolute Gasteiger partial charge is 0.133 e. The van der Waals surface area contributed by atoms with Crippen molar-refractivity contribution in [2.45, 2.75) is 76.8 Å². The Kier molecular flexibility index (Phi) is 2.63. The van der Waals surface area contributed by atoms with E-state index in [0.717, 1.165) is 32.1 Å². The summed E-state index contributed by atoms with van der Waals surface area (Å²) in [6.45, 7) is 6.51. The minimum absolute atomic E-state index is 0.0974. The average molecular weight is 256 g/mol. The van der Waals surface area contributed by atoms with E-state index in [0.29, 0.717) is 0 Å². The van der Waals surface area contributed by atoms with Gasteiger partial charge in [0, 0.05) is 5.41 Å². The van der Waals surface area contributed by atoms with Crippen molar-refractivity contribution in [3.63, 3.8) is 0 Å². The van der Waals surface area contributed by atoms with Crippen LogP contribution in [0.15, 0.2) is 0 Å². The van der Waals surface area contributed by atoms with Crippen LogP contribution < -0.4 is 0 Å². The predicted octanol–water partition coefficient (Wildman–Crippen LogP) is 1.79. The third kappa shape index (κ3) is 1.35. The van der Waals surface area contributed by atoms with Gasteiger partial charge in [0.15, 0.2) is 0 Å². The maximum Gasteiger partial charge on any atom is 0.133 e. The molecule has 0 aromatic rings. The summed E-state index contributed by atoms with van der Waals surface area (Å²) in [4.78, 5) is 11.0. The molecule has 2 aliphatic carbocycles. The van der Waals surface area contributed by atoms with Gasteiger partial charge in [0.05, 0.1) is 12.2 Å². The lowest BCUT2D eigenvalue weighted by Crippen LogP contribution is -2.71. The van der Waals surface area contributed by atoms with Crippen LogP contribution in [0.5, 0.6) is 0 Å². The molecule has 1 heterocycles. The topological polar surface area (TPSA) is 58.9 Å². The van der Waals surface area contributed by atoms with E-state index in [1.165, 1.54) is 0 Å². The predicted molar refractivity (Wildman–Crippen MR) is 65.7 cm³/mol. The molecular weight excluding hydrogens is 232 g/mol. The molecule has 104 valence electrons. The number of fused-ring (bicyclic) bond motifs is 1. The van der Waals surface area contributed by atoms with Crippen molar-refractivity contribution >= 4 is 0 Å². The fourth-order valence-electron chi connectivity index (χ4n) is 4.63. The van der Waals surface area contributed by atoms with Crippen LogP contribution in [0.25, 0.3) is 0 Å². The van der Waals surface area contributed by atoms with E-state index >= 15 is 0 Å². The zero-order valence-electron chi connectivity index (χ0n) is 11.5. The molecular formula is C14H24O4. The van der Waals surface area contributed by atoms with E-state index in [4.69, 9.17) is 9.78 Å². The standard InChI is InChI=1S/C14H24O4/c1-12(2)6-5-11(16)13(3)14(12)7-4-9(15)10(8-14)17-18-13/h9-11,15-16H,4-8H2,1-3H3. The van der Waals surface area contributed by atoms with Crippen molar-refractivity contribution in [2.75, 3.05) is 0 Å². The minimum Gasteiger partial charge on any atom is -0.390 e. The van der Waals surface area contributed by atoms with Crippen molar-refractivity contribution in [1.29, 1.82) is 0 Å². The molecule has 0 amide bonds. The second kappa shape index (κ2) is 3.69. The van der Waals surface area contributed by atoms with E-state index in [-0.39, 0.29) is 16.9 Å². The lowest BCUT2D eigenvalue weighted by atomic mass is 9.45. The molecule has 4 nitrogen and oxygen atoms in total. The molecule has 3 rings (SSSR count). The first-order chi connectivity index (χ1) is 8.32. The Hall–Kier alpha value is -0.160. The van der Waals surface area contributed by atoms with E-state index in [2.05, 4.69) is 13.8 Å². The molecule has 5 atom stereocenters. The molecule has 2 bridgehead atoms. The van der Waals surface area contributed by atoms with Crippen LogP contribution >= 0.6 is 0 Å². The van der Waals surface area contributed by atoms with Gasteiger partial charge >= 0.3 is 0 Å². The first kappa shape index (κ1) is 12.9. The quantitative estimate of drug-likeness (QED) is 0.649. The highest BCUT2D eigenvalue weighted by Gasteiger charge is 2.68. The number of hydrogen-bond acceptors (Lipinski definition) is 4. The molecule has 1 spiro atoms. The van der Waals surface area contributed by atoms with Gasteiger partial charge in [-0.2, -0.15) is 0 Å². The molecule has 2 saturated carbocycles. The summed E-state index contributed by atoms with van der Waals surface area (Å²) in [5.41, 5.74) is -0.644. The maximum atomic E-state index is 10.4. The molecule has 0 aromatic carbocycles. The van der Waals surface area contributed by atoms with Gasteiger partial charge in [-0.05, 0) is 44.4 Å². The van der Waals surface area contributed by atoms with Crippen molar-refractivity contribution in [2.24, 2.45) is 10.8 Å². The van der Waals surface area contributed by atoms with Crippen LogP contribution in [-0.2, 0) is 9.78 Å². The summed E-state index contributed by atoms with van der Waals surface area (Å²) in [6.07, 6.45) is 3.01. The lowest BCUT2D eigenvalue weighted by molar-refractivity contribution is -0.485. The van der Waals surface area contributed by atoms with Crippen molar-refractivity contribution < 1.29 is 20.0 Å².